The maximum atomic E-state index is 13.3. The van der Waals surface area contributed by atoms with Gasteiger partial charge in [-0.15, -0.1) is 0 Å². The molecule has 4 unspecified atom stereocenters. The molecular formula is C27H28N2O8. The van der Waals surface area contributed by atoms with Gasteiger partial charge in [-0.2, -0.15) is 0 Å². The molecule has 0 radical (unpaired) electrons. The Balaban J connectivity index is 1.55. The summed E-state index contributed by atoms with van der Waals surface area (Å²) < 4.78 is 16.9. The third kappa shape index (κ3) is 4.54. The lowest BCUT2D eigenvalue weighted by Crippen LogP contribution is -2.56. The molecule has 0 aromatic heterocycles. The number of amides is 2. The first kappa shape index (κ1) is 24.8. The maximum Gasteiger partial charge on any atom is 0.290 e. The number of nitrogens with one attached hydrogen (secondary N) is 1. The van der Waals surface area contributed by atoms with Crippen LogP contribution in [0.2, 0.25) is 0 Å². The van der Waals surface area contributed by atoms with Gasteiger partial charge in [0.2, 0.25) is 18.5 Å². The Hall–Kier alpha value is -3.89. The van der Waals surface area contributed by atoms with Crippen molar-refractivity contribution >= 4 is 17.6 Å². The van der Waals surface area contributed by atoms with Crippen LogP contribution in [0.25, 0.3) is 0 Å². The number of aliphatic hydroxyl groups is 2. The highest BCUT2D eigenvalue weighted by Gasteiger charge is 2.50. The monoisotopic (exact) mass is 508 g/mol. The minimum Gasteiger partial charge on any atom is -0.486 e. The van der Waals surface area contributed by atoms with Crippen molar-refractivity contribution in [2.75, 3.05) is 19.9 Å². The number of fused-ring (bicyclic) bond motifs is 4. The number of Topliss-reactive ketones (excluding diaryl/α,β-unsaturated/α-hetero) is 1. The van der Waals surface area contributed by atoms with E-state index < -0.39 is 41.8 Å². The van der Waals surface area contributed by atoms with Crippen LogP contribution in [0.5, 0.6) is 17.2 Å². The van der Waals surface area contributed by atoms with Gasteiger partial charge in [0.25, 0.3) is 5.91 Å². The van der Waals surface area contributed by atoms with Crippen LogP contribution in [-0.4, -0.2) is 70.9 Å². The van der Waals surface area contributed by atoms with E-state index in [1.165, 1.54) is 11.0 Å². The number of hydrogen-bond donors (Lipinski definition) is 3. The fraction of sp³-hybridized carbons (Fsp3) is 0.370. The van der Waals surface area contributed by atoms with E-state index in [-0.39, 0.29) is 32.9 Å². The van der Waals surface area contributed by atoms with Gasteiger partial charge in [0.15, 0.2) is 11.5 Å². The van der Waals surface area contributed by atoms with E-state index >= 15 is 0 Å². The summed E-state index contributed by atoms with van der Waals surface area (Å²) in [6.07, 6.45) is -0.556. The molecule has 0 bridgehead atoms. The van der Waals surface area contributed by atoms with Crippen molar-refractivity contribution in [3.63, 3.8) is 0 Å². The number of ether oxygens (including phenoxy) is 3. The Kier molecular flexibility index (Phi) is 6.86. The highest BCUT2D eigenvalue weighted by atomic mass is 16.7. The molecule has 2 aromatic carbocycles. The Labute approximate surface area is 213 Å². The highest BCUT2D eigenvalue weighted by Crippen LogP contribution is 2.47. The van der Waals surface area contributed by atoms with Crippen LogP contribution in [0.15, 0.2) is 54.1 Å². The third-order valence-corrected chi connectivity index (χ3v) is 6.85. The van der Waals surface area contributed by atoms with Crippen molar-refractivity contribution in [1.29, 1.82) is 0 Å². The molecule has 0 saturated carbocycles. The van der Waals surface area contributed by atoms with Gasteiger partial charge in [0, 0.05) is 30.6 Å². The summed E-state index contributed by atoms with van der Waals surface area (Å²) in [7, 11) is 0. The van der Waals surface area contributed by atoms with Crippen LogP contribution >= 0.6 is 0 Å². The zero-order valence-corrected chi connectivity index (χ0v) is 20.3. The van der Waals surface area contributed by atoms with E-state index in [1.54, 1.807) is 37.3 Å². The van der Waals surface area contributed by atoms with Crippen LogP contribution in [0.4, 0.5) is 0 Å². The zero-order chi connectivity index (χ0) is 26.1. The van der Waals surface area contributed by atoms with Gasteiger partial charge in [-0.1, -0.05) is 31.2 Å². The molecule has 3 aliphatic rings. The van der Waals surface area contributed by atoms with Gasteiger partial charge in [0.1, 0.15) is 18.0 Å². The summed E-state index contributed by atoms with van der Waals surface area (Å²) in [4.78, 5) is 40.4. The maximum absolute atomic E-state index is 13.3. The molecule has 10 nitrogen and oxygen atoms in total. The van der Waals surface area contributed by atoms with E-state index in [2.05, 4.69) is 5.32 Å². The lowest BCUT2D eigenvalue weighted by Gasteiger charge is -2.40. The summed E-state index contributed by atoms with van der Waals surface area (Å²) in [6, 6.07) is 11.4. The minimum atomic E-state index is -1.23. The zero-order valence-electron chi connectivity index (χ0n) is 20.3. The summed E-state index contributed by atoms with van der Waals surface area (Å²) in [5, 5.41) is 23.4. The van der Waals surface area contributed by atoms with Gasteiger partial charge in [-0.3, -0.25) is 14.4 Å². The minimum absolute atomic E-state index is 0.0131. The largest absolute Gasteiger partial charge is 0.486 e. The quantitative estimate of drug-likeness (QED) is 0.451. The van der Waals surface area contributed by atoms with Crippen LogP contribution in [0.1, 0.15) is 30.4 Å². The number of ketones is 1. The molecule has 2 heterocycles. The molecule has 3 N–H and O–H groups in total. The second-order valence-electron chi connectivity index (χ2n) is 9.08. The summed E-state index contributed by atoms with van der Waals surface area (Å²) in [5.41, 5.74) is 1.70. The Morgan fingerprint density at radius 1 is 1.08 bits per heavy atom. The second-order valence-corrected chi connectivity index (χ2v) is 9.08. The first-order valence-corrected chi connectivity index (χ1v) is 12.2. The molecule has 194 valence electrons. The van der Waals surface area contributed by atoms with Gasteiger partial charge < -0.3 is 34.6 Å². The van der Waals surface area contributed by atoms with E-state index in [9.17, 15) is 24.6 Å². The topological polar surface area (TPSA) is 135 Å². The van der Waals surface area contributed by atoms with Crippen molar-refractivity contribution in [3.05, 3.63) is 65.2 Å². The van der Waals surface area contributed by atoms with Crippen molar-refractivity contribution in [1.82, 2.24) is 10.2 Å². The van der Waals surface area contributed by atoms with Crippen LogP contribution < -0.4 is 19.5 Å². The standard InChI is InChI=1S/C27H28N2O8/c1-2-19(31)27(34)29(13-15-7-8-21-22(11-15)36-14-35-21)18-12-17(26(33)28-9-10-30)23-16-5-3-4-6-20(16)37-25(23)24(18)32/h3-8,11-12,18,23-25,30,32H,2,9-10,13-14H2,1H3,(H,28,33). The Bertz CT molecular complexity index is 1260. The molecule has 2 aliphatic heterocycles. The van der Waals surface area contributed by atoms with Gasteiger partial charge in [0.05, 0.1) is 18.6 Å². The average Bonchev–Trinajstić information content (AvgIpc) is 3.55. The molecule has 10 heteroatoms. The van der Waals surface area contributed by atoms with Gasteiger partial charge in [-0.05, 0) is 29.8 Å². The number of para-hydroxylation sites is 1. The first-order valence-electron chi connectivity index (χ1n) is 12.2. The second kappa shape index (κ2) is 10.2. The molecule has 0 saturated heterocycles. The van der Waals surface area contributed by atoms with E-state index in [0.717, 1.165) is 5.56 Å². The van der Waals surface area contributed by atoms with Gasteiger partial charge >= 0.3 is 0 Å². The van der Waals surface area contributed by atoms with Crippen LogP contribution in [-0.2, 0) is 20.9 Å². The third-order valence-electron chi connectivity index (χ3n) is 6.85. The smallest absolute Gasteiger partial charge is 0.290 e. The van der Waals surface area contributed by atoms with Crippen LogP contribution in [0, 0.1) is 0 Å². The summed E-state index contributed by atoms with van der Waals surface area (Å²) in [6.45, 7) is 1.46. The molecular weight excluding hydrogens is 480 g/mol. The molecule has 0 fully saturated rings. The lowest BCUT2D eigenvalue weighted by molar-refractivity contribution is -0.148. The number of benzene rings is 2. The number of carbonyl (C=O) groups is 3. The van der Waals surface area contributed by atoms with Crippen LogP contribution in [0.3, 0.4) is 0 Å². The van der Waals surface area contributed by atoms with Crippen molar-refractivity contribution in [3.8, 4) is 17.2 Å². The SMILES string of the molecule is CCC(=O)C(=O)N(Cc1ccc2c(c1)OCO2)C1C=C(C(=O)NCCO)C2c3ccccc3OC2C1O. The van der Waals surface area contributed by atoms with E-state index in [4.69, 9.17) is 14.2 Å². The van der Waals surface area contributed by atoms with Gasteiger partial charge in [-0.25, -0.2) is 0 Å². The van der Waals surface area contributed by atoms with Crippen molar-refractivity contribution < 1.29 is 38.8 Å². The number of hydrogen-bond acceptors (Lipinski definition) is 8. The molecule has 4 atom stereocenters. The van der Waals surface area contributed by atoms with E-state index in [0.29, 0.717) is 28.4 Å². The number of nitrogens with zero attached hydrogens (tertiary/aromatic N) is 1. The number of carbonyl (C=O) groups excluding carboxylic acids is 3. The molecule has 1 aliphatic carbocycles. The Morgan fingerprint density at radius 3 is 2.65 bits per heavy atom. The molecule has 2 amide bonds. The number of rotatable bonds is 8. The predicted molar refractivity (Wildman–Crippen MR) is 130 cm³/mol. The predicted octanol–water partition coefficient (Wildman–Crippen LogP) is 1.05. The van der Waals surface area contributed by atoms with E-state index in [1.807, 2.05) is 12.1 Å². The van der Waals surface area contributed by atoms with Crippen molar-refractivity contribution in [2.45, 2.75) is 44.1 Å². The fourth-order valence-electron chi connectivity index (χ4n) is 5.05. The average molecular weight is 509 g/mol. The molecule has 2 aromatic rings. The Morgan fingerprint density at radius 2 is 1.86 bits per heavy atom. The molecule has 37 heavy (non-hydrogen) atoms. The number of aliphatic hydroxyl groups excluding tert-OH is 2. The fourth-order valence-corrected chi connectivity index (χ4v) is 5.05. The molecule has 0 spiro atoms. The molecule has 5 rings (SSSR count). The van der Waals surface area contributed by atoms with Crippen molar-refractivity contribution in [2.24, 2.45) is 0 Å². The summed E-state index contributed by atoms with van der Waals surface area (Å²) >= 11 is 0. The lowest BCUT2D eigenvalue weighted by atomic mass is 9.77. The summed E-state index contributed by atoms with van der Waals surface area (Å²) in [5.74, 6) is -0.785. The first-order chi connectivity index (χ1) is 17.9. The normalized spacial score (nSPS) is 22.8. The highest BCUT2D eigenvalue weighted by molar-refractivity contribution is 6.36.